The molecule has 1 rings (SSSR count). The maximum Gasteiger partial charge on any atom is 0.131 e. The van der Waals surface area contributed by atoms with E-state index in [9.17, 15) is 4.39 Å². The molecule has 0 fully saturated rings. The van der Waals surface area contributed by atoms with Crippen molar-refractivity contribution in [3.63, 3.8) is 0 Å². The van der Waals surface area contributed by atoms with Crippen molar-refractivity contribution in [2.45, 2.75) is 52.4 Å². The van der Waals surface area contributed by atoms with Crippen molar-refractivity contribution in [3.05, 3.63) is 35.6 Å². The molecule has 1 radical (unpaired) electrons. The van der Waals surface area contributed by atoms with Gasteiger partial charge in [-0.05, 0) is 30.4 Å². The first kappa shape index (κ1) is 13.2. The summed E-state index contributed by atoms with van der Waals surface area (Å²) < 4.78 is 12.9. The summed E-state index contributed by atoms with van der Waals surface area (Å²) in [5, 5.41) is 0. The molecule has 1 aromatic rings. The first-order valence-corrected chi connectivity index (χ1v) is 6.42. The van der Waals surface area contributed by atoms with Crippen molar-refractivity contribution in [1.82, 2.24) is 0 Å². The molecule has 0 aliphatic heterocycles. The Hall–Kier alpha value is -0.850. The summed E-state index contributed by atoms with van der Waals surface area (Å²) in [5.74, 6) is 0.561. The molecule has 1 heteroatoms. The van der Waals surface area contributed by atoms with Gasteiger partial charge in [0.15, 0.2) is 0 Å². The molecule has 0 spiro atoms. The van der Waals surface area contributed by atoms with Crippen LogP contribution in [0.25, 0.3) is 0 Å². The molecule has 0 saturated heterocycles. The van der Waals surface area contributed by atoms with Crippen LogP contribution >= 0.6 is 0 Å². The molecule has 0 aliphatic carbocycles. The average Bonchev–Trinajstić information content (AvgIpc) is 2.29. The molecular formula is C15H22F. The van der Waals surface area contributed by atoms with Gasteiger partial charge in [0.1, 0.15) is 5.82 Å². The minimum absolute atomic E-state index is 0.237. The van der Waals surface area contributed by atoms with Gasteiger partial charge in [-0.1, -0.05) is 51.7 Å². The maximum absolute atomic E-state index is 12.9. The van der Waals surface area contributed by atoms with Crippen molar-refractivity contribution in [2.75, 3.05) is 0 Å². The van der Waals surface area contributed by atoms with Gasteiger partial charge in [-0.15, -0.1) is 0 Å². The Balaban J connectivity index is 2.37. The number of halogens is 1. The Kier molecular flexibility index (Phi) is 6.14. The number of aryl methyl sites for hydroxylation is 1. The van der Waals surface area contributed by atoms with E-state index in [-0.39, 0.29) is 5.82 Å². The first-order chi connectivity index (χ1) is 7.76. The number of benzene rings is 1. The van der Waals surface area contributed by atoms with Crippen LogP contribution in [0.5, 0.6) is 0 Å². The van der Waals surface area contributed by atoms with Crippen LogP contribution in [0, 0.1) is 17.8 Å². The van der Waals surface area contributed by atoms with Crippen molar-refractivity contribution in [2.24, 2.45) is 5.92 Å². The van der Waals surface area contributed by atoms with Crippen molar-refractivity contribution in [3.8, 4) is 0 Å². The third-order valence-corrected chi connectivity index (χ3v) is 3.22. The molecule has 0 saturated carbocycles. The summed E-state index contributed by atoms with van der Waals surface area (Å²) in [4.78, 5) is 0. The largest absolute Gasteiger partial charge is 0.206 e. The Bertz CT molecular complexity index is 293. The minimum atomic E-state index is -0.237. The summed E-state index contributed by atoms with van der Waals surface area (Å²) in [6.07, 6.45) is 7.31. The van der Waals surface area contributed by atoms with E-state index in [4.69, 9.17) is 0 Å². The molecule has 16 heavy (non-hydrogen) atoms. The summed E-state index contributed by atoms with van der Waals surface area (Å²) >= 11 is 0. The predicted molar refractivity (Wildman–Crippen MR) is 66.9 cm³/mol. The molecule has 0 aliphatic rings. The lowest BCUT2D eigenvalue weighted by Crippen LogP contribution is -2.01. The maximum atomic E-state index is 12.9. The quantitative estimate of drug-likeness (QED) is 0.622. The molecule has 0 amide bonds. The molecule has 1 aromatic carbocycles. The molecule has 1 atom stereocenters. The van der Waals surface area contributed by atoms with Gasteiger partial charge in [0.05, 0.1) is 0 Å². The van der Waals surface area contributed by atoms with E-state index in [1.54, 1.807) is 12.1 Å². The Morgan fingerprint density at radius 2 is 2.12 bits per heavy atom. The molecule has 89 valence electrons. The Morgan fingerprint density at radius 1 is 1.31 bits per heavy atom. The zero-order valence-electron chi connectivity index (χ0n) is 10.4. The normalized spacial score (nSPS) is 12.7. The van der Waals surface area contributed by atoms with Gasteiger partial charge in [0.25, 0.3) is 0 Å². The second kappa shape index (κ2) is 7.43. The Labute approximate surface area is 98.9 Å². The fourth-order valence-corrected chi connectivity index (χ4v) is 2.05. The molecule has 0 nitrogen and oxygen atoms in total. The van der Waals surface area contributed by atoms with Crippen LogP contribution in [-0.2, 0) is 6.42 Å². The first-order valence-electron chi connectivity index (χ1n) is 6.42. The van der Waals surface area contributed by atoms with Crippen LogP contribution in [0.2, 0.25) is 0 Å². The second-order valence-corrected chi connectivity index (χ2v) is 4.50. The molecule has 0 aromatic heterocycles. The van der Waals surface area contributed by atoms with E-state index < -0.39 is 0 Å². The fraction of sp³-hybridized carbons (Fsp3) is 0.600. The summed E-state index contributed by atoms with van der Waals surface area (Å²) in [5.41, 5.74) is 1.10. The SMILES string of the molecule is CCCCC(CC)CCc1cc[c]c(F)c1. The number of rotatable bonds is 7. The zero-order chi connectivity index (χ0) is 11.8. The van der Waals surface area contributed by atoms with Crippen LogP contribution in [-0.4, -0.2) is 0 Å². The summed E-state index contributed by atoms with van der Waals surface area (Å²) in [6.45, 7) is 4.48. The number of hydrogen-bond acceptors (Lipinski definition) is 0. The highest BCUT2D eigenvalue weighted by Gasteiger charge is 2.06. The van der Waals surface area contributed by atoms with Gasteiger partial charge < -0.3 is 0 Å². The van der Waals surface area contributed by atoms with Crippen LogP contribution in [0.3, 0.4) is 0 Å². The predicted octanol–water partition coefficient (Wildman–Crippen LogP) is 4.77. The van der Waals surface area contributed by atoms with Gasteiger partial charge in [-0.25, -0.2) is 4.39 Å². The van der Waals surface area contributed by atoms with Crippen LogP contribution < -0.4 is 0 Å². The van der Waals surface area contributed by atoms with E-state index in [1.807, 2.05) is 6.07 Å². The number of hydrogen-bond donors (Lipinski definition) is 0. The van der Waals surface area contributed by atoms with E-state index in [2.05, 4.69) is 19.9 Å². The monoisotopic (exact) mass is 221 g/mol. The average molecular weight is 221 g/mol. The summed E-state index contributed by atoms with van der Waals surface area (Å²) in [6, 6.07) is 7.79. The van der Waals surface area contributed by atoms with Crippen LogP contribution in [0.1, 0.15) is 51.5 Å². The third-order valence-electron chi connectivity index (χ3n) is 3.22. The lowest BCUT2D eigenvalue weighted by atomic mass is 9.92. The van der Waals surface area contributed by atoms with E-state index in [0.717, 1.165) is 17.9 Å². The van der Waals surface area contributed by atoms with Crippen molar-refractivity contribution < 1.29 is 4.39 Å². The molecule has 0 heterocycles. The summed E-state index contributed by atoms with van der Waals surface area (Å²) in [7, 11) is 0. The highest BCUT2D eigenvalue weighted by atomic mass is 19.1. The number of unbranched alkanes of at least 4 members (excludes halogenated alkanes) is 1. The minimum Gasteiger partial charge on any atom is -0.206 e. The Morgan fingerprint density at radius 3 is 2.75 bits per heavy atom. The van der Waals surface area contributed by atoms with E-state index in [0.29, 0.717) is 0 Å². The highest BCUT2D eigenvalue weighted by molar-refractivity contribution is 5.15. The molecule has 1 unspecified atom stereocenters. The molecule has 0 N–H and O–H groups in total. The van der Waals surface area contributed by atoms with E-state index in [1.165, 1.54) is 32.1 Å². The zero-order valence-corrected chi connectivity index (χ0v) is 10.4. The topological polar surface area (TPSA) is 0 Å². The van der Waals surface area contributed by atoms with Crippen LogP contribution in [0.4, 0.5) is 4.39 Å². The smallest absolute Gasteiger partial charge is 0.131 e. The molecular weight excluding hydrogens is 199 g/mol. The van der Waals surface area contributed by atoms with Crippen LogP contribution in [0.15, 0.2) is 18.2 Å². The fourth-order valence-electron chi connectivity index (χ4n) is 2.05. The molecule has 0 bridgehead atoms. The van der Waals surface area contributed by atoms with Crippen molar-refractivity contribution in [1.29, 1.82) is 0 Å². The van der Waals surface area contributed by atoms with Gasteiger partial charge in [0.2, 0.25) is 0 Å². The van der Waals surface area contributed by atoms with Gasteiger partial charge in [-0.2, -0.15) is 0 Å². The second-order valence-electron chi connectivity index (χ2n) is 4.50. The lowest BCUT2D eigenvalue weighted by Gasteiger charge is -2.14. The third kappa shape index (κ3) is 4.78. The lowest BCUT2D eigenvalue weighted by molar-refractivity contribution is 0.421. The van der Waals surface area contributed by atoms with Gasteiger partial charge >= 0.3 is 0 Å². The van der Waals surface area contributed by atoms with Gasteiger partial charge in [-0.3, -0.25) is 0 Å². The van der Waals surface area contributed by atoms with E-state index >= 15 is 0 Å². The highest BCUT2D eigenvalue weighted by Crippen LogP contribution is 2.19. The standard InChI is InChI=1S/C15H22F/c1-3-5-7-13(4-2)10-11-14-8-6-9-15(16)12-14/h6,8,12-13H,3-5,7,10-11H2,1-2H3. The van der Waals surface area contributed by atoms with Gasteiger partial charge in [0, 0.05) is 6.07 Å². The van der Waals surface area contributed by atoms with Crippen molar-refractivity contribution >= 4 is 0 Å².